The summed E-state index contributed by atoms with van der Waals surface area (Å²) in [6, 6.07) is 8.22. The molecule has 0 radical (unpaired) electrons. The van der Waals surface area contributed by atoms with Gasteiger partial charge in [0.05, 0.1) is 19.3 Å². The molecule has 3 rings (SSSR count). The van der Waals surface area contributed by atoms with Gasteiger partial charge < -0.3 is 14.9 Å². The van der Waals surface area contributed by atoms with Gasteiger partial charge in [0, 0.05) is 18.8 Å². The number of carbonyl (C=O) groups excluding carboxylic acids is 1. The van der Waals surface area contributed by atoms with Crippen LogP contribution in [0.4, 0.5) is 0 Å². The molecule has 1 saturated carbocycles. The molecule has 1 aromatic rings. The van der Waals surface area contributed by atoms with Crippen molar-refractivity contribution in [3.05, 3.63) is 59.2 Å². The number of benzene rings is 1. The first-order valence-electron chi connectivity index (χ1n) is 10.8. The second-order valence-corrected chi connectivity index (χ2v) is 8.67. The lowest BCUT2D eigenvalue weighted by molar-refractivity contribution is -0.140. The van der Waals surface area contributed by atoms with Crippen LogP contribution in [-0.2, 0) is 16.0 Å². The third kappa shape index (κ3) is 6.03. The van der Waals surface area contributed by atoms with Gasteiger partial charge in [-0.3, -0.25) is 4.79 Å². The number of aliphatic hydroxyl groups excluding tert-OH is 2. The van der Waals surface area contributed by atoms with E-state index in [0.29, 0.717) is 24.7 Å². The Hall–Kier alpha value is -1.91. The van der Waals surface area contributed by atoms with Crippen molar-refractivity contribution in [1.29, 1.82) is 0 Å². The van der Waals surface area contributed by atoms with E-state index < -0.39 is 6.10 Å². The summed E-state index contributed by atoms with van der Waals surface area (Å²) in [6.07, 6.45) is 11.2. The van der Waals surface area contributed by atoms with Crippen molar-refractivity contribution in [2.75, 3.05) is 7.11 Å². The predicted molar refractivity (Wildman–Crippen MR) is 114 cm³/mol. The van der Waals surface area contributed by atoms with Gasteiger partial charge in [-0.15, -0.1) is 0 Å². The lowest BCUT2D eigenvalue weighted by Crippen LogP contribution is -2.18. The van der Waals surface area contributed by atoms with Crippen LogP contribution >= 0.6 is 0 Å². The SMILES string of the molecule is COC(=O)CCCCC1=C[C@H]2C[C@@H](O)[C@H](C=C[C@H](O)Cc3cccc(C)c3)[C@H]2C1. The number of esters is 1. The number of ether oxygens (including phenoxy) is 1. The maximum Gasteiger partial charge on any atom is 0.305 e. The number of unbranched alkanes of at least 4 members (excludes halogenated alkanes) is 1. The third-order valence-corrected chi connectivity index (χ3v) is 6.39. The second kappa shape index (κ2) is 10.2. The van der Waals surface area contributed by atoms with Crippen molar-refractivity contribution >= 4 is 5.97 Å². The number of hydrogen-bond acceptors (Lipinski definition) is 4. The fourth-order valence-electron chi connectivity index (χ4n) is 4.92. The van der Waals surface area contributed by atoms with Crippen LogP contribution in [0.3, 0.4) is 0 Å². The van der Waals surface area contributed by atoms with Crippen LogP contribution in [0.1, 0.15) is 49.7 Å². The van der Waals surface area contributed by atoms with Crippen molar-refractivity contribution < 1.29 is 19.7 Å². The van der Waals surface area contributed by atoms with E-state index in [1.807, 2.05) is 24.3 Å². The van der Waals surface area contributed by atoms with E-state index in [1.165, 1.54) is 18.2 Å². The zero-order valence-corrected chi connectivity index (χ0v) is 17.6. The van der Waals surface area contributed by atoms with Gasteiger partial charge in [-0.25, -0.2) is 0 Å². The molecule has 4 heteroatoms. The quantitative estimate of drug-likeness (QED) is 0.373. The fraction of sp³-hybridized carbons (Fsp3) is 0.560. The molecule has 0 spiro atoms. The van der Waals surface area contributed by atoms with E-state index in [0.717, 1.165) is 37.7 Å². The first-order valence-corrected chi connectivity index (χ1v) is 10.8. The van der Waals surface area contributed by atoms with E-state index in [9.17, 15) is 15.0 Å². The van der Waals surface area contributed by atoms with Crippen molar-refractivity contribution in [3.63, 3.8) is 0 Å². The molecule has 1 fully saturated rings. The van der Waals surface area contributed by atoms with E-state index in [1.54, 1.807) is 0 Å². The third-order valence-electron chi connectivity index (χ3n) is 6.39. The van der Waals surface area contributed by atoms with Crippen molar-refractivity contribution in [3.8, 4) is 0 Å². The zero-order chi connectivity index (χ0) is 20.8. The highest BCUT2D eigenvalue weighted by Gasteiger charge is 2.43. The molecule has 0 amide bonds. The molecule has 4 nitrogen and oxygen atoms in total. The lowest BCUT2D eigenvalue weighted by atomic mass is 9.88. The first kappa shape index (κ1) is 21.8. The predicted octanol–water partition coefficient (Wildman–Crippen LogP) is 4.13. The van der Waals surface area contributed by atoms with Crippen LogP contribution in [-0.4, -0.2) is 35.5 Å². The summed E-state index contributed by atoms with van der Waals surface area (Å²) >= 11 is 0. The molecule has 1 aromatic carbocycles. The zero-order valence-electron chi connectivity index (χ0n) is 17.6. The number of carbonyl (C=O) groups is 1. The Morgan fingerprint density at radius 1 is 1.34 bits per heavy atom. The molecule has 2 N–H and O–H groups in total. The van der Waals surface area contributed by atoms with Gasteiger partial charge in [0.15, 0.2) is 0 Å². The molecule has 5 atom stereocenters. The molecule has 158 valence electrons. The summed E-state index contributed by atoms with van der Waals surface area (Å²) < 4.78 is 4.69. The molecule has 2 aliphatic carbocycles. The Balaban J connectivity index is 1.49. The standard InChI is InChI=1S/C25H34O4/c1-17-6-5-8-18(12-17)14-21(26)10-11-22-23-15-19(13-20(23)16-24(22)27)7-3-4-9-25(28)29-2/h5-6,8,10-13,20-24,26-27H,3-4,7,9,14-16H2,1-2H3/t20-,21-,22+,23-,24+/m0/s1. The molecule has 0 saturated heterocycles. The Kier molecular flexibility index (Phi) is 7.68. The number of methoxy groups -OCH3 is 1. The minimum absolute atomic E-state index is 0.107. The van der Waals surface area contributed by atoms with Gasteiger partial charge in [-0.1, -0.05) is 53.6 Å². The monoisotopic (exact) mass is 398 g/mol. The highest BCUT2D eigenvalue weighted by molar-refractivity contribution is 5.68. The van der Waals surface area contributed by atoms with E-state index in [2.05, 4.69) is 29.9 Å². The largest absolute Gasteiger partial charge is 0.469 e. The van der Waals surface area contributed by atoms with Gasteiger partial charge in [0.1, 0.15) is 0 Å². The van der Waals surface area contributed by atoms with Gasteiger partial charge in [0.2, 0.25) is 0 Å². The van der Waals surface area contributed by atoms with Crippen LogP contribution in [0.5, 0.6) is 0 Å². The molecule has 0 heterocycles. The molecule has 0 bridgehead atoms. The van der Waals surface area contributed by atoms with Crippen LogP contribution in [0.2, 0.25) is 0 Å². The number of fused-ring (bicyclic) bond motifs is 1. The average molecular weight is 399 g/mol. The molecule has 0 unspecified atom stereocenters. The summed E-state index contributed by atoms with van der Waals surface area (Å²) in [5, 5.41) is 20.9. The normalized spacial score (nSPS) is 27.1. The Labute approximate surface area is 174 Å². The maximum absolute atomic E-state index is 11.2. The number of hydrogen-bond donors (Lipinski definition) is 2. The van der Waals surface area contributed by atoms with Gasteiger partial charge >= 0.3 is 5.97 Å². The van der Waals surface area contributed by atoms with Gasteiger partial charge in [-0.2, -0.15) is 0 Å². The number of allylic oxidation sites excluding steroid dienone is 2. The Morgan fingerprint density at radius 2 is 2.17 bits per heavy atom. The van der Waals surface area contributed by atoms with Gasteiger partial charge in [-0.05, 0) is 56.4 Å². The molecular weight excluding hydrogens is 364 g/mol. The topological polar surface area (TPSA) is 66.8 Å². The van der Waals surface area contributed by atoms with Gasteiger partial charge in [0.25, 0.3) is 0 Å². The molecule has 0 aromatic heterocycles. The van der Waals surface area contributed by atoms with Crippen LogP contribution in [0.15, 0.2) is 48.1 Å². The van der Waals surface area contributed by atoms with Crippen molar-refractivity contribution in [2.24, 2.45) is 17.8 Å². The molecule has 0 aliphatic heterocycles. The lowest BCUT2D eigenvalue weighted by Gasteiger charge is -2.19. The number of aliphatic hydroxyl groups is 2. The summed E-state index contributed by atoms with van der Waals surface area (Å²) in [5.41, 5.74) is 3.78. The minimum Gasteiger partial charge on any atom is -0.469 e. The van der Waals surface area contributed by atoms with E-state index in [-0.39, 0.29) is 18.0 Å². The van der Waals surface area contributed by atoms with Crippen molar-refractivity contribution in [1.82, 2.24) is 0 Å². The van der Waals surface area contributed by atoms with E-state index >= 15 is 0 Å². The highest BCUT2D eigenvalue weighted by Crippen LogP contribution is 2.48. The first-order chi connectivity index (χ1) is 14.0. The van der Waals surface area contributed by atoms with Crippen molar-refractivity contribution in [2.45, 2.75) is 64.1 Å². The van der Waals surface area contributed by atoms with Crippen LogP contribution in [0, 0.1) is 24.7 Å². The number of rotatable bonds is 9. The maximum atomic E-state index is 11.2. The van der Waals surface area contributed by atoms with E-state index in [4.69, 9.17) is 0 Å². The van der Waals surface area contributed by atoms with Crippen LogP contribution < -0.4 is 0 Å². The summed E-state index contributed by atoms with van der Waals surface area (Å²) in [6.45, 7) is 2.06. The summed E-state index contributed by atoms with van der Waals surface area (Å²) in [4.78, 5) is 11.2. The Morgan fingerprint density at radius 3 is 2.93 bits per heavy atom. The number of aryl methyl sites for hydroxylation is 1. The second-order valence-electron chi connectivity index (χ2n) is 8.67. The summed E-state index contributed by atoms with van der Waals surface area (Å²) in [5.74, 6) is 0.836. The molecular formula is C25H34O4. The van der Waals surface area contributed by atoms with Crippen LogP contribution in [0.25, 0.3) is 0 Å². The molecule has 29 heavy (non-hydrogen) atoms. The highest BCUT2D eigenvalue weighted by atomic mass is 16.5. The fourth-order valence-corrected chi connectivity index (χ4v) is 4.92. The smallest absolute Gasteiger partial charge is 0.305 e. The minimum atomic E-state index is -0.532. The molecule has 2 aliphatic rings. The average Bonchev–Trinajstić information content (AvgIpc) is 3.19. The Bertz CT molecular complexity index is 751. The summed E-state index contributed by atoms with van der Waals surface area (Å²) in [7, 11) is 1.43.